The summed E-state index contributed by atoms with van der Waals surface area (Å²) in [5.74, 6) is 0.171. The number of rotatable bonds is 2. The highest BCUT2D eigenvalue weighted by Crippen LogP contribution is 2.10. The minimum atomic E-state index is -0.760. The number of carbonyl (C=O) groups excluding carboxylic acids is 2. The zero-order chi connectivity index (χ0) is 18.4. The second kappa shape index (κ2) is 7.95. The van der Waals surface area contributed by atoms with Gasteiger partial charge >= 0.3 is 12.2 Å². The Hall–Kier alpha value is -2.37. The molecule has 0 fully saturated rings. The van der Waals surface area contributed by atoms with E-state index >= 15 is 0 Å². The molecule has 6 nitrogen and oxygen atoms in total. The van der Waals surface area contributed by atoms with E-state index < -0.39 is 23.4 Å². The lowest BCUT2D eigenvalue weighted by Crippen LogP contribution is -2.38. The number of nitrogens with one attached hydrogen (secondary N) is 1. The van der Waals surface area contributed by atoms with Crippen molar-refractivity contribution in [3.8, 4) is 0 Å². The number of alkyl carbamates (subject to hydrolysis) is 1. The number of aliphatic imine (C=N–C) groups is 1. The predicted octanol–water partition coefficient (Wildman–Crippen LogP) is 4.09. The number of benzene rings is 1. The monoisotopic (exact) mass is 334 g/mol. The molecule has 0 saturated carbocycles. The maximum atomic E-state index is 12.0. The van der Waals surface area contributed by atoms with Crippen molar-refractivity contribution in [2.24, 2.45) is 4.99 Å². The smallest absolute Gasteiger partial charge is 0.435 e. The number of nitrogens with zero attached hydrogens (tertiary/aromatic N) is 1. The van der Waals surface area contributed by atoms with Gasteiger partial charge in [0.25, 0.3) is 0 Å². The minimum absolute atomic E-state index is 0.171. The van der Waals surface area contributed by atoms with Crippen molar-refractivity contribution < 1.29 is 19.1 Å². The van der Waals surface area contributed by atoms with Gasteiger partial charge in [0.1, 0.15) is 17.0 Å². The van der Waals surface area contributed by atoms with Crippen LogP contribution in [-0.2, 0) is 15.9 Å². The van der Waals surface area contributed by atoms with Crippen molar-refractivity contribution in [1.82, 2.24) is 5.32 Å². The lowest BCUT2D eigenvalue weighted by atomic mass is 10.1. The molecule has 0 radical (unpaired) electrons. The number of ether oxygens (including phenoxy) is 2. The quantitative estimate of drug-likeness (QED) is 0.653. The molecule has 0 spiro atoms. The van der Waals surface area contributed by atoms with E-state index in [-0.39, 0.29) is 12.3 Å². The molecule has 1 aromatic rings. The van der Waals surface area contributed by atoms with Crippen LogP contribution in [0.2, 0.25) is 0 Å². The Bertz CT molecular complexity index is 596. The van der Waals surface area contributed by atoms with Gasteiger partial charge < -0.3 is 9.47 Å². The average Bonchev–Trinajstić information content (AvgIpc) is 2.34. The number of amides is 2. The van der Waals surface area contributed by atoms with E-state index in [1.807, 2.05) is 30.3 Å². The van der Waals surface area contributed by atoms with Crippen LogP contribution in [0.1, 0.15) is 47.1 Å². The van der Waals surface area contributed by atoms with Crippen LogP contribution in [0.25, 0.3) is 0 Å². The Morgan fingerprint density at radius 1 is 0.958 bits per heavy atom. The first-order valence-electron chi connectivity index (χ1n) is 7.79. The first kappa shape index (κ1) is 19.7. The molecular formula is C18H26N2O4. The number of hydrogen-bond acceptors (Lipinski definition) is 4. The third kappa shape index (κ3) is 8.92. The molecule has 24 heavy (non-hydrogen) atoms. The molecule has 0 aromatic heterocycles. The summed E-state index contributed by atoms with van der Waals surface area (Å²) in [5, 5.41) is 2.53. The van der Waals surface area contributed by atoms with Crippen LogP contribution in [-0.4, -0.2) is 29.2 Å². The Kier molecular flexibility index (Phi) is 6.51. The van der Waals surface area contributed by atoms with Crippen LogP contribution in [0.3, 0.4) is 0 Å². The van der Waals surface area contributed by atoms with Gasteiger partial charge in [-0.05, 0) is 47.1 Å². The summed E-state index contributed by atoms with van der Waals surface area (Å²) in [5.41, 5.74) is -0.408. The molecule has 0 aliphatic heterocycles. The zero-order valence-corrected chi connectivity index (χ0v) is 15.2. The van der Waals surface area contributed by atoms with Gasteiger partial charge in [0.05, 0.1) is 0 Å². The standard InChI is InChI=1S/C18H26N2O4/c1-17(2,3)23-15(21)19-14(12-13-10-8-7-9-11-13)20-16(22)24-18(4,5)6/h7-11H,12H2,1-6H3,(H,19,20,21,22). The van der Waals surface area contributed by atoms with Crippen LogP contribution in [0.4, 0.5) is 9.59 Å². The predicted molar refractivity (Wildman–Crippen MR) is 93.2 cm³/mol. The highest BCUT2D eigenvalue weighted by atomic mass is 16.6. The third-order valence-electron chi connectivity index (χ3n) is 2.48. The molecule has 1 rings (SSSR count). The fourth-order valence-electron chi connectivity index (χ4n) is 1.72. The van der Waals surface area contributed by atoms with Gasteiger partial charge in [-0.1, -0.05) is 30.3 Å². The van der Waals surface area contributed by atoms with Crippen molar-refractivity contribution in [1.29, 1.82) is 0 Å². The number of hydrogen-bond donors (Lipinski definition) is 1. The highest BCUT2D eigenvalue weighted by molar-refractivity contribution is 6.01. The molecule has 132 valence electrons. The van der Waals surface area contributed by atoms with Crippen LogP contribution >= 0.6 is 0 Å². The van der Waals surface area contributed by atoms with E-state index in [0.717, 1.165) is 5.56 Å². The summed E-state index contributed by atoms with van der Waals surface area (Å²) in [6.45, 7) is 10.5. The molecule has 0 saturated heterocycles. The fourth-order valence-corrected chi connectivity index (χ4v) is 1.72. The van der Waals surface area contributed by atoms with E-state index in [0.29, 0.717) is 0 Å². The van der Waals surface area contributed by atoms with E-state index in [1.165, 1.54) is 0 Å². The lowest BCUT2D eigenvalue weighted by Gasteiger charge is -2.20. The van der Waals surface area contributed by atoms with Crippen LogP contribution in [0, 0.1) is 0 Å². The normalized spacial score (nSPS) is 12.5. The molecule has 1 aromatic carbocycles. The minimum Gasteiger partial charge on any atom is -0.444 e. The molecule has 2 amide bonds. The Balaban J connectivity index is 2.90. The number of carbonyl (C=O) groups is 2. The van der Waals surface area contributed by atoms with E-state index in [4.69, 9.17) is 9.47 Å². The molecule has 0 heterocycles. The lowest BCUT2D eigenvalue weighted by molar-refractivity contribution is 0.0561. The first-order valence-corrected chi connectivity index (χ1v) is 7.79. The van der Waals surface area contributed by atoms with Gasteiger partial charge in [-0.3, -0.25) is 5.32 Å². The van der Waals surface area contributed by atoms with Crippen molar-refractivity contribution >= 4 is 18.0 Å². The van der Waals surface area contributed by atoms with Gasteiger partial charge in [0.2, 0.25) is 0 Å². The Labute approximate surface area is 143 Å². The summed E-state index contributed by atoms with van der Waals surface area (Å²) in [4.78, 5) is 27.8. The molecular weight excluding hydrogens is 308 g/mol. The van der Waals surface area contributed by atoms with E-state index in [1.54, 1.807) is 41.5 Å². The summed E-state index contributed by atoms with van der Waals surface area (Å²) < 4.78 is 10.4. The van der Waals surface area contributed by atoms with Crippen molar-refractivity contribution in [2.45, 2.75) is 59.2 Å². The molecule has 0 aliphatic carbocycles. The second-order valence-corrected chi connectivity index (χ2v) is 7.33. The van der Waals surface area contributed by atoms with Crippen molar-refractivity contribution in [2.75, 3.05) is 0 Å². The molecule has 0 atom stereocenters. The summed E-state index contributed by atoms with van der Waals surface area (Å²) in [6.07, 6.45) is -1.15. The maximum Gasteiger partial charge on any atom is 0.435 e. The second-order valence-electron chi connectivity index (χ2n) is 7.33. The summed E-state index contributed by atoms with van der Waals surface area (Å²) >= 11 is 0. The molecule has 1 N–H and O–H groups in total. The fraction of sp³-hybridized carbons (Fsp3) is 0.500. The highest BCUT2D eigenvalue weighted by Gasteiger charge is 2.20. The van der Waals surface area contributed by atoms with Crippen molar-refractivity contribution in [3.05, 3.63) is 35.9 Å². The van der Waals surface area contributed by atoms with Crippen LogP contribution < -0.4 is 5.32 Å². The maximum absolute atomic E-state index is 12.0. The van der Waals surface area contributed by atoms with Crippen LogP contribution in [0.5, 0.6) is 0 Å². The van der Waals surface area contributed by atoms with Gasteiger partial charge in [0.15, 0.2) is 0 Å². The Morgan fingerprint density at radius 3 is 2.00 bits per heavy atom. The SMILES string of the molecule is CC(C)(C)OC(=O)N=C(Cc1ccccc1)NC(=O)OC(C)(C)C. The van der Waals surface area contributed by atoms with Gasteiger partial charge in [-0.15, -0.1) is 0 Å². The largest absolute Gasteiger partial charge is 0.444 e. The molecule has 0 aliphatic rings. The first-order chi connectivity index (χ1) is 10.9. The van der Waals surface area contributed by atoms with E-state index in [9.17, 15) is 9.59 Å². The summed E-state index contributed by atoms with van der Waals surface area (Å²) in [6, 6.07) is 9.38. The molecule has 0 unspecified atom stereocenters. The molecule has 0 bridgehead atoms. The Morgan fingerprint density at radius 2 is 1.50 bits per heavy atom. The topological polar surface area (TPSA) is 77.0 Å². The van der Waals surface area contributed by atoms with Crippen molar-refractivity contribution in [3.63, 3.8) is 0 Å². The van der Waals surface area contributed by atoms with Crippen LogP contribution in [0.15, 0.2) is 35.3 Å². The van der Waals surface area contributed by atoms with Gasteiger partial charge in [-0.25, -0.2) is 9.59 Å². The number of amidine groups is 1. The summed E-state index contributed by atoms with van der Waals surface area (Å²) in [7, 11) is 0. The third-order valence-corrected chi connectivity index (χ3v) is 2.48. The zero-order valence-electron chi connectivity index (χ0n) is 15.2. The average molecular weight is 334 g/mol. The van der Waals surface area contributed by atoms with Gasteiger partial charge in [-0.2, -0.15) is 4.99 Å². The van der Waals surface area contributed by atoms with Gasteiger partial charge in [0, 0.05) is 6.42 Å². The van der Waals surface area contributed by atoms with E-state index in [2.05, 4.69) is 10.3 Å². The molecule has 6 heteroatoms.